The Balaban J connectivity index is 0. The SMILES string of the molecule is CCCCCBCl.N. The summed E-state index contributed by atoms with van der Waals surface area (Å²) in [6.45, 7) is 3.04. The quantitative estimate of drug-likeness (QED) is 0.466. The van der Waals surface area contributed by atoms with E-state index < -0.39 is 0 Å². The Hall–Kier alpha value is 0.315. The molecule has 1 nitrogen and oxygen atoms in total. The molecular formula is C5H15BClN. The van der Waals surface area contributed by atoms with E-state index in [4.69, 9.17) is 11.5 Å². The zero-order valence-electron chi connectivity index (χ0n) is 5.62. The van der Waals surface area contributed by atoms with Crippen molar-refractivity contribution >= 4 is 18.2 Å². The number of rotatable bonds is 4. The topological polar surface area (TPSA) is 35.0 Å². The van der Waals surface area contributed by atoms with Crippen molar-refractivity contribution in [2.45, 2.75) is 32.5 Å². The lowest BCUT2D eigenvalue weighted by molar-refractivity contribution is 0.770. The van der Waals surface area contributed by atoms with Crippen molar-refractivity contribution in [1.29, 1.82) is 0 Å². The Morgan fingerprint density at radius 2 is 2.00 bits per heavy atom. The molecular weight excluding hydrogens is 120 g/mol. The van der Waals surface area contributed by atoms with Crippen molar-refractivity contribution in [3.8, 4) is 0 Å². The van der Waals surface area contributed by atoms with Gasteiger partial charge in [0.2, 0.25) is 6.69 Å². The fraction of sp³-hybridized carbons (Fsp3) is 1.00. The van der Waals surface area contributed by atoms with Gasteiger partial charge in [0.05, 0.1) is 0 Å². The standard InChI is InChI=1S/C5H12BCl.H3N/c1-2-3-4-5-6-7;/h6H,2-5H2,1H3;1H3. The van der Waals surface area contributed by atoms with Crippen molar-refractivity contribution in [2.24, 2.45) is 0 Å². The predicted octanol–water partition coefficient (Wildman–Crippen LogP) is 2.35. The molecule has 0 aromatic carbocycles. The van der Waals surface area contributed by atoms with Gasteiger partial charge >= 0.3 is 0 Å². The molecule has 3 N–H and O–H groups in total. The average molecular weight is 135 g/mol. The van der Waals surface area contributed by atoms with Gasteiger partial charge in [-0.15, -0.1) is 0 Å². The summed E-state index contributed by atoms with van der Waals surface area (Å²) in [5, 5.41) is 0. The Bertz CT molecular complexity index is 31.6. The summed E-state index contributed by atoms with van der Waals surface area (Å²) in [4.78, 5) is 0. The highest BCUT2D eigenvalue weighted by Gasteiger charge is 1.83. The molecule has 0 aliphatic rings. The molecule has 50 valence electrons. The van der Waals surface area contributed by atoms with Crippen LogP contribution in [-0.4, -0.2) is 6.69 Å². The fourth-order valence-electron chi connectivity index (χ4n) is 0.521. The Morgan fingerprint density at radius 1 is 1.38 bits per heavy atom. The van der Waals surface area contributed by atoms with Crippen LogP contribution >= 0.6 is 11.5 Å². The second-order valence-electron chi connectivity index (χ2n) is 1.75. The first-order valence-corrected chi connectivity index (χ1v) is 3.51. The lowest BCUT2D eigenvalue weighted by Gasteiger charge is -1.88. The van der Waals surface area contributed by atoms with E-state index >= 15 is 0 Å². The molecule has 0 aliphatic carbocycles. The minimum Gasteiger partial charge on any atom is -0.344 e. The summed E-state index contributed by atoms with van der Waals surface area (Å²) < 4.78 is 0. The van der Waals surface area contributed by atoms with Gasteiger partial charge in [-0.2, -0.15) is 0 Å². The molecule has 0 amide bonds. The van der Waals surface area contributed by atoms with E-state index in [1.54, 1.807) is 0 Å². The average Bonchev–Trinajstić information content (AvgIpc) is 1.69. The van der Waals surface area contributed by atoms with Crippen LogP contribution in [0.5, 0.6) is 0 Å². The van der Waals surface area contributed by atoms with Gasteiger partial charge in [0.15, 0.2) is 0 Å². The van der Waals surface area contributed by atoms with E-state index in [1.165, 1.54) is 25.6 Å². The van der Waals surface area contributed by atoms with Crippen molar-refractivity contribution in [2.75, 3.05) is 0 Å². The molecule has 0 bridgehead atoms. The van der Waals surface area contributed by atoms with Crippen LogP contribution in [0.15, 0.2) is 0 Å². The first-order chi connectivity index (χ1) is 3.41. The normalized spacial score (nSPS) is 7.75. The molecule has 0 aliphatic heterocycles. The molecule has 0 aromatic rings. The first kappa shape index (κ1) is 11.2. The van der Waals surface area contributed by atoms with Gasteiger partial charge in [-0.05, 0) is 0 Å². The molecule has 8 heavy (non-hydrogen) atoms. The van der Waals surface area contributed by atoms with Gasteiger partial charge in [-0.25, -0.2) is 11.5 Å². The summed E-state index contributed by atoms with van der Waals surface area (Å²) in [5.41, 5.74) is 0. The highest BCUT2D eigenvalue weighted by atomic mass is 35.5. The molecule has 0 spiro atoms. The minimum atomic E-state index is 0. The summed E-state index contributed by atoms with van der Waals surface area (Å²) >= 11 is 5.44. The van der Waals surface area contributed by atoms with Crippen molar-refractivity contribution in [3.05, 3.63) is 0 Å². The van der Waals surface area contributed by atoms with Gasteiger partial charge in [0.1, 0.15) is 0 Å². The van der Waals surface area contributed by atoms with E-state index in [9.17, 15) is 0 Å². The largest absolute Gasteiger partial charge is 0.344 e. The Kier molecular flexibility index (Phi) is 14.4. The van der Waals surface area contributed by atoms with Crippen LogP contribution in [0.2, 0.25) is 6.32 Å². The van der Waals surface area contributed by atoms with Crippen LogP contribution in [0, 0.1) is 0 Å². The molecule has 0 radical (unpaired) electrons. The number of unbranched alkanes of at least 4 members (excludes halogenated alkanes) is 2. The van der Waals surface area contributed by atoms with Crippen molar-refractivity contribution in [1.82, 2.24) is 6.15 Å². The minimum absolute atomic E-state index is 0. The summed E-state index contributed by atoms with van der Waals surface area (Å²) in [5.74, 6) is 0. The highest BCUT2D eigenvalue weighted by Crippen LogP contribution is 1.98. The lowest BCUT2D eigenvalue weighted by atomic mass is 9.98. The number of halogens is 1. The number of hydrogen-bond acceptors (Lipinski definition) is 1. The van der Waals surface area contributed by atoms with Crippen LogP contribution in [0.4, 0.5) is 0 Å². The lowest BCUT2D eigenvalue weighted by Crippen LogP contribution is -1.76. The third-order valence-corrected chi connectivity index (χ3v) is 1.25. The van der Waals surface area contributed by atoms with Crippen LogP contribution in [0.25, 0.3) is 0 Å². The maximum absolute atomic E-state index is 5.44. The molecule has 0 aromatic heterocycles. The zero-order chi connectivity index (χ0) is 5.54. The van der Waals surface area contributed by atoms with E-state index in [-0.39, 0.29) is 6.15 Å². The molecule has 0 heterocycles. The molecule has 0 unspecified atom stereocenters. The first-order valence-electron chi connectivity index (χ1n) is 2.97. The third kappa shape index (κ3) is 9.58. The molecule has 0 atom stereocenters. The van der Waals surface area contributed by atoms with E-state index in [0.29, 0.717) is 0 Å². The fourth-order valence-corrected chi connectivity index (χ4v) is 0.710. The summed E-state index contributed by atoms with van der Waals surface area (Å²) in [6, 6.07) is 0. The zero-order valence-corrected chi connectivity index (χ0v) is 6.38. The van der Waals surface area contributed by atoms with E-state index in [2.05, 4.69) is 6.92 Å². The van der Waals surface area contributed by atoms with Gasteiger partial charge in [0, 0.05) is 0 Å². The highest BCUT2D eigenvalue weighted by molar-refractivity contribution is 6.93. The maximum atomic E-state index is 5.44. The van der Waals surface area contributed by atoms with Gasteiger partial charge < -0.3 is 6.15 Å². The monoisotopic (exact) mass is 135 g/mol. The predicted molar refractivity (Wildman–Crippen MR) is 42.4 cm³/mol. The molecule has 0 rings (SSSR count). The number of hydrogen-bond donors (Lipinski definition) is 1. The van der Waals surface area contributed by atoms with Gasteiger partial charge in [-0.1, -0.05) is 32.5 Å². The molecule has 0 fully saturated rings. The van der Waals surface area contributed by atoms with Gasteiger partial charge in [-0.3, -0.25) is 0 Å². The summed E-state index contributed by atoms with van der Waals surface area (Å²) in [6.07, 6.45) is 5.14. The van der Waals surface area contributed by atoms with Crippen LogP contribution < -0.4 is 6.15 Å². The second kappa shape index (κ2) is 10.3. The van der Waals surface area contributed by atoms with Crippen LogP contribution in [0.3, 0.4) is 0 Å². The molecule has 3 heteroatoms. The van der Waals surface area contributed by atoms with Crippen molar-refractivity contribution in [3.63, 3.8) is 0 Å². The van der Waals surface area contributed by atoms with Crippen LogP contribution in [-0.2, 0) is 0 Å². The van der Waals surface area contributed by atoms with E-state index in [0.717, 1.165) is 6.69 Å². The molecule has 0 saturated heterocycles. The van der Waals surface area contributed by atoms with E-state index in [1.807, 2.05) is 0 Å². The van der Waals surface area contributed by atoms with Crippen LogP contribution in [0.1, 0.15) is 26.2 Å². The second-order valence-corrected chi connectivity index (χ2v) is 2.13. The van der Waals surface area contributed by atoms with Crippen molar-refractivity contribution < 1.29 is 0 Å². The Morgan fingerprint density at radius 3 is 2.38 bits per heavy atom. The molecule has 0 saturated carbocycles. The smallest absolute Gasteiger partial charge is 0.233 e. The third-order valence-electron chi connectivity index (χ3n) is 0.987. The maximum Gasteiger partial charge on any atom is 0.233 e. The van der Waals surface area contributed by atoms with Gasteiger partial charge in [0.25, 0.3) is 0 Å². The summed E-state index contributed by atoms with van der Waals surface area (Å²) in [7, 11) is 0. The Labute approximate surface area is 57.5 Å².